The molecule has 2 aromatic carbocycles. The van der Waals surface area contributed by atoms with Crippen molar-refractivity contribution in [3.63, 3.8) is 0 Å². The van der Waals surface area contributed by atoms with Crippen molar-refractivity contribution in [3.05, 3.63) is 75.4 Å². The van der Waals surface area contributed by atoms with Gasteiger partial charge in [-0.2, -0.15) is 0 Å². The largest absolute Gasteiger partial charge is 0.268 e. The van der Waals surface area contributed by atoms with Crippen molar-refractivity contribution in [1.29, 1.82) is 0 Å². The number of carbonyl (C=O) groups is 1. The number of amides is 1. The number of benzene rings is 2. The lowest BCUT2D eigenvalue weighted by molar-refractivity contribution is 0.0982. The molecule has 0 unspecified atom stereocenters. The first-order valence-electron chi connectivity index (χ1n) is 6.33. The molecule has 0 radical (unpaired) electrons. The summed E-state index contributed by atoms with van der Waals surface area (Å²) in [5.41, 5.74) is -0.433. The normalized spacial score (nSPS) is 11.7. The van der Waals surface area contributed by atoms with Crippen LogP contribution in [0, 0.1) is 17.5 Å². The Labute approximate surface area is 140 Å². The Morgan fingerprint density at radius 1 is 1.04 bits per heavy atom. The van der Waals surface area contributed by atoms with E-state index in [1.807, 2.05) is 0 Å². The summed E-state index contributed by atoms with van der Waals surface area (Å²) in [5.74, 6) is -3.54. The molecule has 0 saturated carbocycles. The third kappa shape index (κ3) is 4.59. The van der Waals surface area contributed by atoms with Crippen molar-refractivity contribution in [2.45, 2.75) is 0 Å². The third-order valence-electron chi connectivity index (χ3n) is 2.80. The number of hydrogen-bond donors (Lipinski definition) is 1. The first kappa shape index (κ1) is 18.0. The van der Waals surface area contributed by atoms with Crippen LogP contribution < -0.4 is 4.72 Å². The second-order valence-electron chi connectivity index (χ2n) is 4.57. The summed E-state index contributed by atoms with van der Waals surface area (Å²) in [6.45, 7) is 0. The fourth-order valence-electron chi connectivity index (χ4n) is 1.69. The van der Waals surface area contributed by atoms with Crippen LogP contribution >= 0.6 is 11.6 Å². The molecule has 9 heteroatoms. The highest BCUT2D eigenvalue weighted by atomic mass is 35.5. The second-order valence-corrected chi connectivity index (χ2v) is 6.54. The van der Waals surface area contributed by atoms with E-state index in [0.717, 1.165) is 36.4 Å². The molecule has 0 atom stereocenters. The maximum atomic E-state index is 13.4. The highest BCUT2D eigenvalue weighted by Gasteiger charge is 2.16. The molecule has 0 aliphatic rings. The van der Waals surface area contributed by atoms with Gasteiger partial charge in [-0.05, 0) is 36.4 Å². The van der Waals surface area contributed by atoms with Crippen molar-refractivity contribution in [2.75, 3.05) is 0 Å². The monoisotopic (exact) mass is 375 g/mol. The summed E-state index contributed by atoms with van der Waals surface area (Å²) in [4.78, 5) is 11.9. The molecule has 0 fully saturated rings. The number of hydrogen-bond acceptors (Lipinski definition) is 3. The quantitative estimate of drug-likeness (QED) is 0.889. The van der Waals surface area contributed by atoms with Gasteiger partial charge in [-0.25, -0.2) is 26.3 Å². The highest BCUT2D eigenvalue weighted by Crippen LogP contribution is 2.17. The van der Waals surface area contributed by atoms with E-state index >= 15 is 0 Å². The van der Waals surface area contributed by atoms with E-state index in [9.17, 15) is 26.4 Å². The zero-order valence-electron chi connectivity index (χ0n) is 11.8. The average Bonchev–Trinajstić information content (AvgIpc) is 2.45. The van der Waals surface area contributed by atoms with Crippen LogP contribution in [0.25, 0.3) is 6.08 Å². The third-order valence-corrected chi connectivity index (χ3v) is 4.08. The number of rotatable bonds is 4. The Balaban J connectivity index is 2.18. The van der Waals surface area contributed by atoms with Crippen molar-refractivity contribution in [3.8, 4) is 0 Å². The smallest absolute Gasteiger partial charge is 0.266 e. The molecule has 0 aromatic heterocycles. The number of nitrogens with one attached hydrogen (secondary N) is 1. The van der Waals surface area contributed by atoms with Gasteiger partial charge >= 0.3 is 0 Å². The van der Waals surface area contributed by atoms with Gasteiger partial charge in [0.15, 0.2) is 0 Å². The molecule has 0 heterocycles. The van der Waals surface area contributed by atoms with Gasteiger partial charge in [0.1, 0.15) is 17.5 Å². The molecule has 0 aliphatic carbocycles. The standard InChI is InChI=1S/C15H9ClF3NO3S/c16-13-7-10(17)3-4-12(13)15(21)20-24(22,23)6-5-9-1-2-11(18)8-14(9)19/h1-8H,(H,20,21). The van der Waals surface area contributed by atoms with E-state index in [1.165, 1.54) is 0 Å². The summed E-state index contributed by atoms with van der Waals surface area (Å²) in [6.07, 6.45) is 0.858. The van der Waals surface area contributed by atoms with Crippen LogP contribution in [0.3, 0.4) is 0 Å². The molecule has 126 valence electrons. The van der Waals surface area contributed by atoms with Crippen LogP contribution in [-0.2, 0) is 10.0 Å². The second kappa shape index (κ2) is 7.06. The Morgan fingerprint density at radius 2 is 1.67 bits per heavy atom. The van der Waals surface area contributed by atoms with Crippen molar-refractivity contribution >= 4 is 33.6 Å². The lowest BCUT2D eigenvalue weighted by Crippen LogP contribution is -2.29. The number of carbonyl (C=O) groups excluding carboxylic acids is 1. The minimum Gasteiger partial charge on any atom is -0.268 e. The van der Waals surface area contributed by atoms with E-state index in [4.69, 9.17) is 11.6 Å². The predicted molar refractivity (Wildman–Crippen MR) is 83.2 cm³/mol. The van der Waals surface area contributed by atoms with E-state index in [-0.39, 0.29) is 16.1 Å². The topological polar surface area (TPSA) is 63.2 Å². The van der Waals surface area contributed by atoms with Crippen molar-refractivity contribution in [1.82, 2.24) is 4.72 Å². The first-order chi connectivity index (χ1) is 11.2. The first-order valence-corrected chi connectivity index (χ1v) is 8.26. The molecule has 0 saturated heterocycles. The van der Waals surface area contributed by atoms with Crippen LogP contribution in [-0.4, -0.2) is 14.3 Å². The van der Waals surface area contributed by atoms with E-state index in [2.05, 4.69) is 0 Å². The molecule has 1 amide bonds. The van der Waals surface area contributed by atoms with E-state index in [1.54, 1.807) is 4.72 Å². The van der Waals surface area contributed by atoms with Crippen LogP contribution in [0.2, 0.25) is 5.02 Å². The van der Waals surface area contributed by atoms with Gasteiger partial charge in [0.2, 0.25) is 0 Å². The molecule has 2 rings (SSSR count). The van der Waals surface area contributed by atoms with Crippen LogP contribution in [0.4, 0.5) is 13.2 Å². The van der Waals surface area contributed by atoms with Gasteiger partial charge < -0.3 is 0 Å². The van der Waals surface area contributed by atoms with Crippen LogP contribution in [0.1, 0.15) is 15.9 Å². The Morgan fingerprint density at radius 3 is 2.29 bits per heavy atom. The summed E-state index contributed by atoms with van der Waals surface area (Å²) < 4.78 is 64.4. The molecular weight excluding hydrogens is 367 g/mol. The summed E-state index contributed by atoms with van der Waals surface area (Å²) in [6, 6.07) is 5.39. The average molecular weight is 376 g/mol. The Kier molecular flexibility index (Phi) is 5.30. The summed E-state index contributed by atoms with van der Waals surface area (Å²) in [7, 11) is -4.27. The zero-order valence-corrected chi connectivity index (χ0v) is 13.3. The fourth-order valence-corrected chi connectivity index (χ4v) is 2.71. The van der Waals surface area contributed by atoms with Crippen molar-refractivity contribution < 1.29 is 26.4 Å². The van der Waals surface area contributed by atoms with Gasteiger partial charge in [-0.3, -0.25) is 4.79 Å². The SMILES string of the molecule is O=C(NS(=O)(=O)C=Cc1ccc(F)cc1F)c1ccc(F)cc1Cl. The molecular formula is C15H9ClF3NO3S. The molecule has 0 aliphatic heterocycles. The Bertz CT molecular complexity index is 930. The maximum Gasteiger partial charge on any atom is 0.266 e. The van der Waals surface area contributed by atoms with Crippen molar-refractivity contribution in [2.24, 2.45) is 0 Å². The molecule has 24 heavy (non-hydrogen) atoms. The number of sulfonamides is 1. The molecule has 2 aromatic rings. The molecule has 4 nitrogen and oxygen atoms in total. The minimum absolute atomic E-state index is 0.186. The summed E-state index contributed by atoms with van der Waals surface area (Å²) in [5, 5.41) is 0.273. The van der Waals surface area contributed by atoms with Gasteiger partial charge in [-0.1, -0.05) is 11.6 Å². The molecule has 0 bridgehead atoms. The fraction of sp³-hybridized carbons (Fsp3) is 0. The molecule has 0 spiro atoms. The predicted octanol–water partition coefficient (Wildman–Crippen LogP) is 3.49. The highest BCUT2D eigenvalue weighted by molar-refractivity contribution is 7.93. The van der Waals surface area contributed by atoms with E-state index < -0.39 is 33.4 Å². The van der Waals surface area contributed by atoms with Crippen LogP contribution in [0.15, 0.2) is 41.8 Å². The van der Waals surface area contributed by atoms with Gasteiger partial charge in [0, 0.05) is 11.6 Å². The minimum atomic E-state index is -4.27. The lowest BCUT2D eigenvalue weighted by atomic mass is 10.2. The van der Waals surface area contributed by atoms with E-state index in [0.29, 0.717) is 11.5 Å². The molecule has 1 N–H and O–H groups in total. The zero-order chi connectivity index (χ0) is 17.9. The maximum absolute atomic E-state index is 13.4. The van der Waals surface area contributed by atoms with Gasteiger partial charge in [0.25, 0.3) is 15.9 Å². The number of halogens is 4. The Hall–Kier alpha value is -2.32. The van der Waals surface area contributed by atoms with Crippen LogP contribution in [0.5, 0.6) is 0 Å². The summed E-state index contributed by atoms with van der Waals surface area (Å²) >= 11 is 5.66. The van der Waals surface area contributed by atoms with Gasteiger partial charge in [-0.15, -0.1) is 0 Å². The lowest BCUT2D eigenvalue weighted by Gasteiger charge is -2.05. The van der Waals surface area contributed by atoms with Gasteiger partial charge in [0.05, 0.1) is 16.0 Å².